The van der Waals surface area contributed by atoms with Gasteiger partial charge in [-0.3, -0.25) is 13.9 Å². The molecule has 0 radical (unpaired) electrons. The summed E-state index contributed by atoms with van der Waals surface area (Å²) in [5, 5.41) is 0. The van der Waals surface area contributed by atoms with Gasteiger partial charge in [-0.05, 0) is 11.5 Å². The lowest BCUT2D eigenvalue weighted by Gasteiger charge is -2.13. The maximum atomic E-state index is 12.7. The highest BCUT2D eigenvalue weighted by Gasteiger charge is 2.15. The number of rotatable bonds is 4. The number of nitrogens with zero attached hydrogens (tertiary/aromatic N) is 3. The molecule has 22 heavy (non-hydrogen) atoms. The number of H-pyrrole nitrogens is 1. The second-order valence-corrected chi connectivity index (χ2v) is 5.77. The van der Waals surface area contributed by atoms with Crippen LogP contribution in [0.3, 0.4) is 0 Å². The molecule has 1 N–H and O–H groups in total. The fourth-order valence-corrected chi connectivity index (χ4v) is 2.54. The molecule has 3 aromatic rings. The van der Waals surface area contributed by atoms with Crippen LogP contribution >= 0.6 is 0 Å². The summed E-state index contributed by atoms with van der Waals surface area (Å²) in [5.41, 5.74) is 1.06. The van der Waals surface area contributed by atoms with Crippen molar-refractivity contribution in [1.29, 1.82) is 0 Å². The van der Waals surface area contributed by atoms with Crippen LogP contribution in [-0.2, 0) is 13.1 Å². The highest BCUT2D eigenvalue weighted by Crippen LogP contribution is 2.06. The minimum Gasteiger partial charge on any atom is -0.339 e. The fraction of sp³-hybridized carbons (Fsp3) is 0.312. The topological polar surface area (TPSA) is 72.7 Å². The molecular formula is C16H18N4O2. The molecule has 0 fully saturated rings. The molecule has 114 valence electrons. The summed E-state index contributed by atoms with van der Waals surface area (Å²) in [6.45, 7) is 4.83. The van der Waals surface area contributed by atoms with Gasteiger partial charge < -0.3 is 4.98 Å². The van der Waals surface area contributed by atoms with Crippen molar-refractivity contribution in [2.24, 2.45) is 5.92 Å². The quantitative estimate of drug-likeness (QED) is 0.795. The number of hydrogen-bond acceptors (Lipinski definition) is 3. The Morgan fingerprint density at radius 2 is 1.86 bits per heavy atom. The Kier molecular flexibility index (Phi) is 3.66. The first-order valence-corrected chi connectivity index (χ1v) is 7.28. The molecule has 0 aliphatic carbocycles. The number of nitrogens with one attached hydrogen (secondary N) is 1. The SMILES string of the molecule is CC(C)Cn1c(=O)n(Cc2ccccc2)c(=O)c2[nH]cnc21. The third-order valence-corrected chi connectivity index (χ3v) is 3.53. The predicted molar refractivity (Wildman–Crippen MR) is 85.0 cm³/mol. The lowest BCUT2D eigenvalue weighted by molar-refractivity contribution is 0.494. The maximum Gasteiger partial charge on any atom is 0.333 e. The van der Waals surface area contributed by atoms with E-state index in [1.165, 1.54) is 10.9 Å². The van der Waals surface area contributed by atoms with Crippen LogP contribution in [0.2, 0.25) is 0 Å². The van der Waals surface area contributed by atoms with Crippen molar-refractivity contribution in [3.05, 3.63) is 63.1 Å². The average molecular weight is 298 g/mol. The number of fused-ring (bicyclic) bond motifs is 1. The Hall–Kier alpha value is -2.63. The summed E-state index contributed by atoms with van der Waals surface area (Å²) in [6, 6.07) is 9.48. The standard InChI is InChI=1S/C16H18N4O2/c1-11(2)8-19-14-13(17-10-18-14)15(21)20(16(19)22)9-12-6-4-3-5-7-12/h3-7,10-11H,8-9H2,1-2H3,(H,17,18). The molecule has 6 heteroatoms. The molecule has 3 rings (SSSR count). The minimum absolute atomic E-state index is 0.256. The van der Waals surface area contributed by atoms with Crippen LogP contribution in [-0.4, -0.2) is 19.1 Å². The average Bonchev–Trinajstić information content (AvgIpc) is 2.98. The summed E-state index contributed by atoms with van der Waals surface area (Å²) in [6.07, 6.45) is 1.45. The van der Waals surface area contributed by atoms with E-state index in [9.17, 15) is 9.59 Å². The predicted octanol–water partition coefficient (Wildman–Crippen LogP) is 1.59. The van der Waals surface area contributed by atoms with Crippen molar-refractivity contribution < 1.29 is 0 Å². The first-order chi connectivity index (χ1) is 10.6. The Labute approximate surface area is 127 Å². The molecule has 0 aliphatic heterocycles. The molecule has 0 spiro atoms. The second-order valence-electron chi connectivity index (χ2n) is 5.77. The third kappa shape index (κ3) is 2.47. The van der Waals surface area contributed by atoms with Crippen LogP contribution in [0.4, 0.5) is 0 Å². The van der Waals surface area contributed by atoms with Crippen molar-refractivity contribution in [3.63, 3.8) is 0 Å². The monoisotopic (exact) mass is 298 g/mol. The van der Waals surface area contributed by atoms with Crippen LogP contribution in [0, 0.1) is 5.92 Å². The molecule has 0 atom stereocenters. The lowest BCUT2D eigenvalue weighted by atomic mass is 10.2. The first-order valence-electron chi connectivity index (χ1n) is 7.28. The fourth-order valence-electron chi connectivity index (χ4n) is 2.54. The smallest absolute Gasteiger partial charge is 0.333 e. The number of aromatic nitrogens is 4. The molecule has 6 nitrogen and oxygen atoms in total. The van der Waals surface area contributed by atoms with Crippen LogP contribution in [0.15, 0.2) is 46.2 Å². The van der Waals surface area contributed by atoms with E-state index in [0.717, 1.165) is 5.56 Å². The molecule has 0 amide bonds. The normalized spacial score (nSPS) is 11.4. The molecule has 0 saturated carbocycles. The molecule has 0 unspecified atom stereocenters. The van der Waals surface area contributed by atoms with E-state index < -0.39 is 0 Å². The Bertz CT molecular complexity index is 903. The van der Waals surface area contributed by atoms with Crippen molar-refractivity contribution >= 4 is 11.2 Å². The summed E-state index contributed by atoms with van der Waals surface area (Å²) in [7, 11) is 0. The van der Waals surface area contributed by atoms with Gasteiger partial charge in [-0.2, -0.15) is 0 Å². The molecule has 0 aliphatic rings. The zero-order chi connectivity index (χ0) is 15.7. The van der Waals surface area contributed by atoms with Gasteiger partial charge in [0.15, 0.2) is 5.65 Å². The first kappa shape index (κ1) is 14.3. The molecule has 0 saturated heterocycles. The van der Waals surface area contributed by atoms with Crippen LogP contribution in [0.25, 0.3) is 11.2 Å². The van der Waals surface area contributed by atoms with E-state index in [2.05, 4.69) is 9.97 Å². The Morgan fingerprint density at radius 1 is 1.14 bits per heavy atom. The van der Waals surface area contributed by atoms with Gasteiger partial charge in [-0.1, -0.05) is 44.2 Å². The van der Waals surface area contributed by atoms with E-state index in [-0.39, 0.29) is 23.7 Å². The van der Waals surface area contributed by atoms with Gasteiger partial charge in [-0.25, -0.2) is 9.78 Å². The molecule has 1 aromatic carbocycles. The Balaban J connectivity index is 2.21. The van der Waals surface area contributed by atoms with Crippen molar-refractivity contribution in [2.45, 2.75) is 26.9 Å². The number of hydrogen-bond donors (Lipinski definition) is 1. The zero-order valence-electron chi connectivity index (χ0n) is 12.6. The van der Waals surface area contributed by atoms with E-state index in [0.29, 0.717) is 17.7 Å². The van der Waals surface area contributed by atoms with Crippen LogP contribution in [0.1, 0.15) is 19.4 Å². The highest BCUT2D eigenvalue weighted by atomic mass is 16.2. The molecule has 2 aromatic heterocycles. The van der Waals surface area contributed by atoms with Crippen LogP contribution < -0.4 is 11.2 Å². The highest BCUT2D eigenvalue weighted by molar-refractivity contribution is 5.68. The van der Waals surface area contributed by atoms with Gasteiger partial charge in [-0.15, -0.1) is 0 Å². The van der Waals surface area contributed by atoms with E-state index >= 15 is 0 Å². The van der Waals surface area contributed by atoms with Crippen molar-refractivity contribution in [2.75, 3.05) is 0 Å². The van der Waals surface area contributed by atoms with Gasteiger partial charge in [0.1, 0.15) is 5.52 Å². The van der Waals surface area contributed by atoms with Gasteiger partial charge in [0, 0.05) is 6.54 Å². The van der Waals surface area contributed by atoms with Crippen LogP contribution in [0.5, 0.6) is 0 Å². The van der Waals surface area contributed by atoms with Crippen molar-refractivity contribution in [3.8, 4) is 0 Å². The zero-order valence-corrected chi connectivity index (χ0v) is 12.6. The lowest BCUT2D eigenvalue weighted by Crippen LogP contribution is -2.41. The number of imidazole rings is 1. The molecule has 0 bridgehead atoms. The van der Waals surface area contributed by atoms with Gasteiger partial charge in [0.05, 0.1) is 12.9 Å². The summed E-state index contributed by atoms with van der Waals surface area (Å²) in [4.78, 5) is 32.2. The molecular weight excluding hydrogens is 280 g/mol. The van der Waals surface area contributed by atoms with E-state index in [1.807, 2.05) is 44.2 Å². The minimum atomic E-state index is -0.332. The number of benzene rings is 1. The molecule has 2 heterocycles. The van der Waals surface area contributed by atoms with Gasteiger partial charge in [0.25, 0.3) is 5.56 Å². The Morgan fingerprint density at radius 3 is 2.55 bits per heavy atom. The van der Waals surface area contributed by atoms with E-state index in [4.69, 9.17) is 0 Å². The summed E-state index contributed by atoms with van der Waals surface area (Å²) in [5.74, 6) is 0.278. The summed E-state index contributed by atoms with van der Waals surface area (Å²) >= 11 is 0. The second kappa shape index (κ2) is 5.63. The van der Waals surface area contributed by atoms with Gasteiger partial charge >= 0.3 is 5.69 Å². The number of aromatic amines is 1. The third-order valence-electron chi connectivity index (χ3n) is 3.53. The van der Waals surface area contributed by atoms with Gasteiger partial charge in [0.2, 0.25) is 0 Å². The maximum absolute atomic E-state index is 12.7. The van der Waals surface area contributed by atoms with Crippen molar-refractivity contribution in [1.82, 2.24) is 19.1 Å². The summed E-state index contributed by atoms with van der Waals surface area (Å²) < 4.78 is 2.83. The largest absolute Gasteiger partial charge is 0.339 e. The van der Waals surface area contributed by atoms with E-state index in [1.54, 1.807) is 4.57 Å².